The van der Waals surface area contributed by atoms with Gasteiger partial charge in [-0.2, -0.15) is 0 Å². The number of hydrogen-bond acceptors (Lipinski definition) is 5. The molecule has 1 aromatic heterocycles. The minimum atomic E-state index is -0.377. The van der Waals surface area contributed by atoms with Crippen molar-refractivity contribution in [1.82, 2.24) is 4.98 Å². The normalized spacial score (nSPS) is 10.8. The third-order valence-corrected chi connectivity index (χ3v) is 5.13. The first-order valence-electron chi connectivity index (χ1n) is 8.79. The number of rotatable bonds is 6. The summed E-state index contributed by atoms with van der Waals surface area (Å²) in [7, 11) is 0. The summed E-state index contributed by atoms with van der Waals surface area (Å²) in [4.78, 5) is 28.0. The van der Waals surface area contributed by atoms with Crippen LogP contribution in [0.15, 0.2) is 53.9 Å². The Kier molecular flexibility index (Phi) is 5.81. The maximum Gasteiger partial charge on any atom is 0.317 e. The first kappa shape index (κ1) is 19.0. The summed E-state index contributed by atoms with van der Waals surface area (Å²) >= 11 is 1.51. The van der Waals surface area contributed by atoms with Gasteiger partial charge in [-0.15, -0.1) is 11.3 Å². The second-order valence-electron chi connectivity index (χ2n) is 6.65. The lowest BCUT2D eigenvalue weighted by atomic mass is 10.0. The van der Waals surface area contributed by atoms with Gasteiger partial charge in [-0.05, 0) is 42.7 Å². The van der Waals surface area contributed by atoms with E-state index in [-0.39, 0.29) is 18.2 Å². The predicted molar refractivity (Wildman–Crippen MR) is 107 cm³/mol. The standard InChI is InChI=1S/C22H21NO3S/c1-14(2)16-4-6-18(7-5-16)22-23-19(13-27-22)12-21(25)26-20-10-8-17(9-11-20)15(3)24/h4-11,13-14H,12H2,1-3H3. The predicted octanol–water partition coefficient (Wildman–Crippen LogP) is 5.28. The summed E-state index contributed by atoms with van der Waals surface area (Å²) in [5.74, 6) is 0.511. The molecule has 0 saturated heterocycles. The van der Waals surface area contributed by atoms with E-state index in [0.717, 1.165) is 10.6 Å². The molecule has 27 heavy (non-hydrogen) atoms. The van der Waals surface area contributed by atoms with Crippen LogP contribution in [0.1, 0.15) is 48.3 Å². The first-order chi connectivity index (χ1) is 12.9. The average molecular weight is 379 g/mol. The second-order valence-corrected chi connectivity index (χ2v) is 7.51. The monoisotopic (exact) mass is 379 g/mol. The van der Waals surface area contributed by atoms with E-state index < -0.39 is 0 Å². The number of carbonyl (C=O) groups is 2. The minimum absolute atomic E-state index is 0.0238. The highest BCUT2D eigenvalue weighted by atomic mass is 32.1. The van der Waals surface area contributed by atoms with Crippen LogP contribution in [0.5, 0.6) is 5.75 Å². The van der Waals surface area contributed by atoms with Crippen LogP contribution in [0.3, 0.4) is 0 Å². The molecule has 138 valence electrons. The van der Waals surface area contributed by atoms with Crippen LogP contribution in [0.4, 0.5) is 0 Å². The number of Topliss-reactive ketones (excluding diaryl/α,β-unsaturated/α-hetero) is 1. The molecule has 0 unspecified atom stereocenters. The van der Waals surface area contributed by atoms with Gasteiger partial charge in [0.05, 0.1) is 12.1 Å². The molecule has 4 nitrogen and oxygen atoms in total. The summed E-state index contributed by atoms with van der Waals surface area (Å²) in [5.41, 5.74) is 3.61. The summed E-state index contributed by atoms with van der Waals surface area (Å²) < 4.78 is 5.32. The van der Waals surface area contributed by atoms with Crippen molar-refractivity contribution in [3.8, 4) is 16.3 Å². The molecule has 3 rings (SSSR count). The van der Waals surface area contributed by atoms with Crippen molar-refractivity contribution in [1.29, 1.82) is 0 Å². The summed E-state index contributed by atoms with van der Waals surface area (Å²) in [5, 5.41) is 2.77. The van der Waals surface area contributed by atoms with Gasteiger partial charge in [0.15, 0.2) is 5.78 Å². The molecule has 2 aromatic carbocycles. The number of hydrogen-bond donors (Lipinski definition) is 0. The summed E-state index contributed by atoms with van der Waals surface area (Å²) in [6.07, 6.45) is 0.106. The Morgan fingerprint density at radius 2 is 1.70 bits per heavy atom. The highest BCUT2D eigenvalue weighted by molar-refractivity contribution is 7.13. The molecule has 0 aliphatic carbocycles. The fraction of sp³-hybridized carbons (Fsp3) is 0.227. The van der Waals surface area contributed by atoms with E-state index in [9.17, 15) is 9.59 Å². The molecule has 0 aliphatic heterocycles. The number of benzene rings is 2. The van der Waals surface area contributed by atoms with Gasteiger partial charge < -0.3 is 4.74 Å². The van der Waals surface area contributed by atoms with Crippen LogP contribution in [0.2, 0.25) is 0 Å². The van der Waals surface area contributed by atoms with Gasteiger partial charge in [0.2, 0.25) is 0 Å². The number of carbonyl (C=O) groups excluding carboxylic acids is 2. The average Bonchev–Trinajstić information content (AvgIpc) is 3.10. The largest absolute Gasteiger partial charge is 0.426 e. The van der Waals surface area contributed by atoms with Gasteiger partial charge in [0, 0.05) is 16.5 Å². The van der Waals surface area contributed by atoms with Gasteiger partial charge in [-0.25, -0.2) is 4.98 Å². The number of ketones is 1. The molecule has 5 heteroatoms. The molecule has 0 aliphatic rings. The molecule has 0 fully saturated rings. The van der Waals surface area contributed by atoms with E-state index in [0.29, 0.717) is 22.9 Å². The van der Waals surface area contributed by atoms with Gasteiger partial charge >= 0.3 is 5.97 Å². The Labute approximate surface area is 162 Å². The molecule has 0 bridgehead atoms. The molecule has 1 heterocycles. The van der Waals surface area contributed by atoms with Gasteiger partial charge in [-0.1, -0.05) is 38.1 Å². The Morgan fingerprint density at radius 1 is 1.04 bits per heavy atom. The van der Waals surface area contributed by atoms with Crippen molar-refractivity contribution < 1.29 is 14.3 Å². The number of thiazole rings is 1. The first-order valence-corrected chi connectivity index (χ1v) is 9.67. The van der Waals surface area contributed by atoms with Crippen molar-refractivity contribution >= 4 is 23.1 Å². The maximum absolute atomic E-state index is 12.1. The van der Waals surface area contributed by atoms with E-state index in [1.54, 1.807) is 24.3 Å². The number of aromatic nitrogens is 1. The van der Waals surface area contributed by atoms with E-state index in [4.69, 9.17) is 4.74 Å². The molecule has 0 atom stereocenters. The fourth-order valence-corrected chi connectivity index (χ4v) is 3.43. The zero-order valence-electron chi connectivity index (χ0n) is 15.6. The van der Waals surface area contributed by atoms with E-state index >= 15 is 0 Å². The van der Waals surface area contributed by atoms with Crippen molar-refractivity contribution in [2.24, 2.45) is 0 Å². The quantitative estimate of drug-likeness (QED) is 0.332. The molecule has 0 amide bonds. The van der Waals surface area contributed by atoms with Crippen LogP contribution in [-0.4, -0.2) is 16.7 Å². The minimum Gasteiger partial charge on any atom is -0.426 e. The maximum atomic E-state index is 12.1. The Bertz CT molecular complexity index is 940. The van der Waals surface area contributed by atoms with Crippen LogP contribution < -0.4 is 4.74 Å². The molecule has 0 spiro atoms. The number of esters is 1. The van der Waals surface area contributed by atoms with Gasteiger partial charge in [-0.3, -0.25) is 9.59 Å². The zero-order valence-corrected chi connectivity index (χ0v) is 16.4. The highest BCUT2D eigenvalue weighted by Crippen LogP contribution is 2.26. The van der Waals surface area contributed by atoms with E-state index in [1.165, 1.54) is 23.8 Å². The molecule has 0 N–H and O–H groups in total. The van der Waals surface area contributed by atoms with Crippen molar-refractivity contribution in [2.75, 3.05) is 0 Å². The third-order valence-electron chi connectivity index (χ3n) is 4.19. The molecular weight excluding hydrogens is 358 g/mol. The highest BCUT2D eigenvalue weighted by Gasteiger charge is 2.12. The topological polar surface area (TPSA) is 56.3 Å². The van der Waals surface area contributed by atoms with Crippen LogP contribution in [-0.2, 0) is 11.2 Å². The molecule has 3 aromatic rings. The van der Waals surface area contributed by atoms with E-state index in [2.05, 4.69) is 43.1 Å². The lowest BCUT2D eigenvalue weighted by Gasteiger charge is -2.05. The summed E-state index contributed by atoms with van der Waals surface area (Å²) in [6, 6.07) is 14.9. The Balaban J connectivity index is 1.63. The third kappa shape index (κ3) is 4.89. The molecular formula is C22H21NO3S. The second kappa shape index (κ2) is 8.27. The van der Waals surface area contributed by atoms with E-state index in [1.807, 2.05) is 5.38 Å². The summed E-state index contributed by atoms with van der Waals surface area (Å²) in [6.45, 7) is 5.82. The lowest BCUT2D eigenvalue weighted by Crippen LogP contribution is -2.11. The van der Waals surface area contributed by atoms with Gasteiger partial charge in [0.25, 0.3) is 0 Å². The number of nitrogens with zero attached hydrogens (tertiary/aromatic N) is 1. The van der Waals surface area contributed by atoms with Crippen molar-refractivity contribution in [3.63, 3.8) is 0 Å². The fourth-order valence-electron chi connectivity index (χ4n) is 2.60. The van der Waals surface area contributed by atoms with Crippen LogP contribution >= 0.6 is 11.3 Å². The van der Waals surface area contributed by atoms with Crippen molar-refractivity contribution in [2.45, 2.75) is 33.1 Å². The smallest absolute Gasteiger partial charge is 0.317 e. The zero-order chi connectivity index (χ0) is 19.4. The molecule has 0 radical (unpaired) electrons. The van der Waals surface area contributed by atoms with Crippen LogP contribution in [0.25, 0.3) is 10.6 Å². The van der Waals surface area contributed by atoms with Crippen molar-refractivity contribution in [3.05, 3.63) is 70.7 Å². The SMILES string of the molecule is CC(=O)c1ccc(OC(=O)Cc2csc(-c3ccc(C(C)C)cc3)n2)cc1. The Hall–Kier alpha value is -2.79. The van der Waals surface area contributed by atoms with Crippen LogP contribution in [0, 0.1) is 0 Å². The Morgan fingerprint density at radius 3 is 2.30 bits per heavy atom. The van der Waals surface area contributed by atoms with Gasteiger partial charge in [0.1, 0.15) is 10.8 Å². The number of ether oxygens (including phenoxy) is 1. The molecule has 0 saturated carbocycles. The lowest BCUT2D eigenvalue weighted by molar-refractivity contribution is -0.133.